The fourth-order valence-corrected chi connectivity index (χ4v) is 3.92. The van der Waals surface area contributed by atoms with E-state index < -0.39 is 14.8 Å². The molecule has 0 saturated carbocycles. The van der Waals surface area contributed by atoms with Gasteiger partial charge in [0.2, 0.25) is 0 Å². The van der Waals surface area contributed by atoms with E-state index >= 15 is 0 Å². The first-order valence-electron chi connectivity index (χ1n) is 6.40. The van der Waals surface area contributed by atoms with Crippen molar-refractivity contribution in [2.24, 2.45) is 0 Å². The first kappa shape index (κ1) is 16.1. The van der Waals surface area contributed by atoms with Gasteiger partial charge in [0.1, 0.15) is 4.21 Å². The number of morpholine rings is 1. The van der Waals surface area contributed by atoms with Crippen molar-refractivity contribution in [1.82, 2.24) is 4.90 Å². The summed E-state index contributed by atoms with van der Waals surface area (Å²) in [7, 11) is -3.44. The lowest BCUT2D eigenvalue weighted by molar-refractivity contribution is -0.383. The molecule has 118 valence electrons. The number of hydrogen-bond donors (Lipinski definition) is 1. The van der Waals surface area contributed by atoms with E-state index in [-0.39, 0.29) is 14.9 Å². The lowest BCUT2D eigenvalue weighted by Crippen LogP contribution is -2.38. The third kappa shape index (κ3) is 4.37. The van der Waals surface area contributed by atoms with Gasteiger partial charge in [0.15, 0.2) is 14.8 Å². The molecule has 1 saturated heterocycles. The molecule has 8 nitrogen and oxygen atoms in total. The smallest absolute Gasteiger partial charge is 0.304 e. The predicted molar refractivity (Wildman–Crippen MR) is 79.8 cm³/mol. The summed E-state index contributed by atoms with van der Waals surface area (Å²) in [6.45, 7) is 4.30. The second-order valence-electron chi connectivity index (χ2n) is 4.69. The number of anilines is 1. The molecule has 21 heavy (non-hydrogen) atoms. The topological polar surface area (TPSA) is 102 Å². The molecule has 0 spiro atoms. The fraction of sp³-hybridized carbons (Fsp3) is 0.636. The zero-order valence-electron chi connectivity index (χ0n) is 11.6. The van der Waals surface area contributed by atoms with Crippen LogP contribution in [0.1, 0.15) is 0 Å². The molecule has 0 amide bonds. The van der Waals surface area contributed by atoms with Crippen LogP contribution in [0.3, 0.4) is 0 Å². The van der Waals surface area contributed by atoms with Gasteiger partial charge in [-0.1, -0.05) is 11.3 Å². The number of rotatable bonds is 6. The van der Waals surface area contributed by atoms with Gasteiger partial charge in [0, 0.05) is 38.5 Å². The van der Waals surface area contributed by atoms with Crippen molar-refractivity contribution >= 4 is 31.9 Å². The summed E-state index contributed by atoms with van der Waals surface area (Å²) in [6, 6.07) is 1.11. The fourth-order valence-electron chi connectivity index (χ4n) is 1.96. The highest BCUT2D eigenvalue weighted by atomic mass is 32.2. The second-order valence-corrected chi connectivity index (χ2v) is 7.98. The molecular weight excluding hydrogens is 318 g/mol. The van der Waals surface area contributed by atoms with Crippen molar-refractivity contribution in [2.45, 2.75) is 4.21 Å². The number of thiophene rings is 1. The van der Waals surface area contributed by atoms with Crippen LogP contribution in [0, 0.1) is 10.1 Å². The molecule has 0 atom stereocenters. The minimum Gasteiger partial charge on any atom is -0.379 e. The summed E-state index contributed by atoms with van der Waals surface area (Å²) < 4.78 is 28.2. The third-order valence-electron chi connectivity index (χ3n) is 3.07. The zero-order chi connectivity index (χ0) is 15.5. The van der Waals surface area contributed by atoms with E-state index in [2.05, 4.69) is 10.2 Å². The molecule has 1 N–H and O–H groups in total. The molecule has 0 bridgehead atoms. The van der Waals surface area contributed by atoms with Crippen molar-refractivity contribution in [3.05, 3.63) is 16.2 Å². The van der Waals surface area contributed by atoms with Crippen molar-refractivity contribution in [3.8, 4) is 0 Å². The summed E-state index contributed by atoms with van der Waals surface area (Å²) in [5, 5.41) is 14.2. The summed E-state index contributed by atoms with van der Waals surface area (Å²) in [6.07, 6.45) is 1.04. The van der Waals surface area contributed by atoms with Crippen molar-refractivity contribution in [1.29, 1.82) is 0 Å². The van der Waals surface area contributed by atoms with Crippen molar-refractivity contribution in [2.75, 3.05) is 51.0 Å². The van der Waals surface area contributed by atoms with Gasteiger partial charge in [-0.3, -0.25) is 15.0 Å². The normalized spacial score (nSPS) is 16.8. The Balaban J connectivity index is 2.01. The Morgan fingerprint density at radius 1 is 1.48 bits per heavy atom. The van der Waals surface area contributed by atoms with Gasteiger partial charge in [-0.2, -0.15) is 0 Å². The maximum Gasteiger partial charge on any atom is 0.304 e. The standard InChI is InChI=1S/C11H17N3O5S2/c1-21(17,18)10-8-9(14(15)16)11(20-10)12-2-3-13-4-6-19-7-5-13/h8,12H,2-7H2,1H3. The molecule has 2 heterocycles. The molecule has 1 aromatic rings. The summed E-state index contributed by atoms with van der Waals surface area (Å²) in [4.78, 5) is 12.6. The summed E-state index contributed by atoms with van der Waals surface area (Å²) >= 11 is 0.897. The van der Waals surface area contributed by atoms with Crippen LogP contribution >= 0.6 is 11.3 Å². The van der Waals surface area contributed by atoms with E-state index in [0.29, 0.717) is 19.8 Å². The lowest BCUT2D eigenvalue weighted by atomic mass is 10.4. The lowest BCUT2D eigenvalue weighted by Gasteiger charge is -2.26. The molecule has 0 radical (unpaired) electrons. The van der Waals surface area contributed by atoms with Gasteiger partial charge in [-0.05, 0) is 0 Å². The van der Waals surface area contributed by atoms with Crippen LogP contribution in [0.25, 0.3) is 0 Å². The largest absolute Gasteiger partial charge is 0.379 e. The van der Waals surface area contributed by atoms with Crippen LogP contribution in [0.4, 0.5) is 10.7 Å². The minimum absolute atomic E-state index is 0.00284. The predicted octanol–water partition coefficient (Wildman–Crippen LogP) is 0.804. The molecule has 0 unspecified atom stereocenters. The number of hydrogen-bond acceptors (Lipinski definition) is 8. The van der Waals surface area contributed by atoms with E-state index in [1.165, 1.54) is 0 Å². The maximum absolute atomic E-state index is 11.5. The highest BCUT2D eigenvalue weighted by molar-refractivity contribution is 7.92. The van der Waals surface area contributed by atoms with Crippen molar-refractivity contribution in [3.63, 3.8) is 0 Å². The van der Waals surface area contributed by atoms with Gasteiger partial charge < -0.3 is 10.1 Å². The van der Waals surface area contributed by atoms with Crippen LogP contribution in [-0.4, -0.2) is 63.9 Å². The molecule has 0 aromatic carbocycles. The highest BCUT2D eigenvalue weighted by Gasteiger charge is 2.23. The second kappa shape index (κ2) is 6.69. The Hall–Kier alpha value is -1.23. The maximum atomic E-state index is 11.5. The van der Waals surface area contributed by atoms with Crippen LogP contribution < -0.4 is 5.32 Å². The van der Waals surface area contributed by atoms with Gasteiger partial charge >= 0.3 is 5.69 Å². The monoisotopic (exact) mass is 335 g/mol. The Kier molecular flexibility index (Phi) is 5.14. The number of ether oxygens (including phenoxy) is 1. The molecule has 2 rings (SSSR count). The average Bonchev–Trinajstić information content (AvgIpc) is 2.84. The molecule has 1 aliphatic heterocycles. The number of sulfone groups is 1. The van der Waals surface area contributed by atoms with Crippen LogP contribution in [0.15, 0.2) is 10.3 Å². The van der Waals surface area contributed by atoms with E-state index in [0.717, 1.165) is 43.3 Å². The van der Waals surface area contributed by atoms with Gasteiger partial charge in [-0.15, -0.1) is 0 Å². The Morgan fingerprint density at radius 2 is 2.14 bits per heavy atom. The van der Waals surface area contributed by atoms with Crippen LogP contribution in [0.5, 0.6) is 0 Å². The molecule has 1 aromatic heterocycles. The molecular formula is C11H17N3O5S2. The molecule has 10 heteroatoms. The van der Waals surface area contributed by atoms with Gasteiger partial charge in [-0.25, -0.2) is 8.42 Å². The first-order chi connectivity index (χ1) is 9.88. The first-order valence-corrected chi connectivity index (χ1v) is 9.11. The number of nitrogens with one attached hydrogen (secondary N) is 1. The van der Waals surface area contributed by atoms with Gasteiger partial charge in [0.25, 0.3) is 0 Å². The van der Waals surface area contributed by atoms with E-state index in [4.69, 9.17) is 4.74 Å². The van der Waals surface area contributed by atoms with E-state index in [1.54, 1.807) is 0 Å². The molecule has 0 aliphatic carbocycles. The quantitative estimate of drug-likeness (QED) is 0.606. The SMILES string of the molecule is CS(=O)(=O)c1cc([N+](=O)[O-])c(NCCN2CCOCC2)s1. The zero-order valence-corrected chi connectivity index (χ0v) is 13.2. The molecule has 1 fully saturated rings. The highest BCUT2D eigenvalue weighted by Crippen LogP contribution is 2.36. The summed E-state index contributed by atoms with van der Waals surface area (Å²) in [5.41, 5.74) is -0.192. The van der Waals surface area contributed by atoms with Gasteiger partial charge in [0.05, 0.1) is 18.1 Å². The average molecular weight is 335 g/mol. The number of nitro groups is 1. The minimum atomic E-state index is -3.44. The number of nitrogens with zero attached hydrogens (tertiary/aromatic N) is 2. The Bertz CT molecular complexity index is 607. The molecule has 1 aliphatic rings. The Morgan fingerprint density at radius 3 is 2.71 bits per heavy atom. The van der Waals surface area contributed by atoms with Crippen molar-refractivity contribution < 1.29 is 18.1 Å². The third-order valence-corrected chi connectivity index (χ3v) is 5.95. The van der Waals surface area contributed by atoms with Crippen LogP contribution in [0.2, 0.25) is 0 Å². The Labute approximate surface area is 126 Å². The summed E-state index contributed by atoms with van der Waals surface area (Å²) in [5.74, 6) is 0. The van der Waals surface area contributed by atoms with Crippen LogP contribution in [-0.2, 0) is 14.6 Å². The van der Waals surface area contributed by atoms with E-state index in [1.807, 2.05) is 0 Å². The van der Waals surface area contributed by atoms with E-state index in [9.17, 15) is 18.5 Å².